The summed E-state index contributed by atoms with van der Waals surface area (Å²) in [5, 5.41) is 0. The zero-order valence-electron chi connectivity index (χ0n) is 10.2. The molecule has 1 aromatic carbocycles. The summed E-state index contributed by atoms with van der Waals surface area (Å²) in [4.78, 5) is 0. The second-order valence-corrected chi connectivity index (χ2v) is 5.44. The van der Waals surface area contributed by atoms with Gasteiger partial charge in [0, 0.05) is 0 Å². The third-order valence-corrected chi connectivity index (χ3v) is 3.12. The van der Waals surface area contributed by atoms with E-state index in [1.54, 1.807) is 0 Å². The van der Waals surface area contributed by atoms with Crippen LogP contribution in [0.3, 0.4) is 0 Å². The van der Waals surface area contributed by atoms with Gasteiger partial charge >= 0.3 is 0 Å². The van der Waals surface area contributed by atoms with Gasteiger partial charge in [-0.2, -0.15) is 0 Å². The fourth-order valence-electron chi connectivity index (χ4n) is 2.22. The monoisotopic (exact) mass is 204 g/mol. The molecule has 0 unspecified atom stereocenters. The van der Waals surface area contributed by atoms with E-state index in [0.717, 1.165) is 18.8 Å². The summed E-state index contributed by atoms with van der Waals surface area (Å²) < 4.78 is 5.86. The third kappa shape index (κ3) is 1.88. The molecule has 1 aliphatic rings. The van der Waals surface area contributed by atoms with Crippen molar-refractivity contribution in [1.82, 2.24) is 0 Å². The predicted octanol–water partition coefficient (Wildman–Crippen LogP) is 3.62. The average molecular weight is 204 g/mol. The van der Waals surface area contributed by atoms with Gasteiger partial charge in [-0.05, 0) is 41.9 Å². The van der Waals surface area contributed by atoms with E-state index in [9.17, 15) is 0 Å². The van der Waals surface area contributed by atoms with Crippen LogP contribution in [0.15, 0.2) is 12.1 Å². The van der Waals surface area contributed by atoms with E-state index in [-0.39, 0.29) is 5.41 Å². The van der Waals surface area contributed by atoms with Crippen LogP contribution in [-0.2, 0) is 11.8 Å². The zero-order chi connectivity index (χ0) is 11.1. The lowest BCUT2D eigenvalue weighted by Crippen LogP contribution is -2.18. The van der Waals surface area contributed by atoms with Gasteiger partial charge in [0.1, 0.15) is 5.75 Å². The van der Waals surface area contributed by atoms with Crippen LogP contribution in [0.25, 0.3) is 0 Å². The lowest BCUT2D eigenvalue weighted by atomic mass is 9.83. The van der Waals surface area contributed by atoms with E-state index in [0.29, 0.717) is 0 Å². The fourth-order valence-corrected chi connectivity index (χ4v) is 2.22. The Kier molecular flexibility index (Phi) is 2.49. The van der Waals surface area contributed by atoms with Gasteiger partial charge < -0.3 is 4.74 Å². The van der Waals surface area contributed by atoms with Crippen LogP contribution in [0.1, 0.15) is 43.9 Å². The number of aryl methyl sites for hydroxylation is 1. The maximum atomic E-state index is 5.86. The number of ether oxygens (including phenoxy) is 1. The Bertz CT molecular complexity index is 372. The van der Waals surface area contributed by atoms with Crippen LogP contribution in [0, 0.1) is 6.92 Å². The molecule has 0 amide bonds. The van der Waals surface area contributed by atoms with Crippen LogP contribution in [-0.4, -0.2) is 6.61 Å². The molecule has 0 radical (unpaired) electrons. The van der Waals surface area contributed by atoms with Crippen LogP contribution in [0.4, 0.5) is 0 Å². The van der Waals surface area contributed by atoms with Gasteiger partial charge in [0.2, 0.25) is 0 Å². The summed E-state index contributed by atoms with van der Waals surface area (Å²) in [7, 11) is 0. The van der Waals surface area contributed by atoms with Crippen molar-refractivity contribution in [3.05, 3.63) is 28.8 Å². The maximum Gasteiger partial charge on any atom is 0.126 e. The molecule has 1 aromatic rings. The van der Waals surface area contributed by atoms with Gasteiger partial charge in [-0.25, -0.2) is 0 Å². The molecule has 2 rings (SSSR count). The first-order chi connectivity index (χ1) is 7.00. The Balaban J connectivity index is 2.58. The highest BCUT2D eigenvalue weighted by Gasteiger charge is 2.24. The van der Waals surface area contributed by atoms with Crippen molar-refractivity contribution < 1.29 is 4.74 Å². The molecule has 82 valence electrons. The fraction of sp³-hybridized carbons (Fsp3) is 0.571. The molecule has 1 nitrogen and oxygen atoms in total. The maximum absolute atomic E-state index is 5.86. The van der Waals surface area contributed by atoms with Crippen molar-refractivity contribution >= 4 is 0 Å². The van der Waals surface area contributed by atoms with Gasteiger partial charge in [-0.3, -0.25) is 0 Å². The molecule has 0 bridgehead atoms. The molecule has 0 spiro atoms. The van der Waals surface area contributed by atoms with Crippen LogP contribution in [0.2, 0.25) is 0 Å². The van der Waals surface area contributed by atoms with Crippen LogP contribution < -0.4 is 4.74 Å². The van der Waals surface area contributed by atoms with Crippen LogP contribution >= 0.6 is 0 Å². The van der Waals surface area contributed by atoms with E-state index in [1.807, 2.05) is 0 Å². The van der Waals surface area contributed by atoms with E-state index < -0.39 is 0 Å². The third-order valence-electron chi connectivity index (χ3n) is 3.12. The molecule has 0 aliphatic carbocycles. The van der Waals surface area contributed by atoms with E-state index in [4.69, 9.17) is 4.74 Å². The molecule has 1 aliphatic heterocycles. The lowest BCUT2D eigenvalue weighted by Gasteiger charge is -2.28. The minimum absolute atomic E-state index is 0.176. The first kappa shape index (κ1) is 10.5. The Morgan fingerprint density at radius 2 is 1.93 bits per heavy atom. The molecule has 15 heavy (non-hydrogen) atoms. The predicted molar refractivity (Wildman–Crippen MR) is 63.7 cm³/mol. The molecule has 0 atom stereocenters. The van der Waals surface area contributed by atoms with Crippen molar-refractivity contribution in [3.63, 3.8) is 0 Å². The van der Waals surface area contributed by atoms with Crippen LogP contribution in [0.5, 0.6) is 5.75 Å². The normalized spacial score (nSPS) is 15.7. The van der Waals surface area contributed by atoms with Gasteiger partial charge in [0.15, 0.2) is 0 Å². The van der Waals surface area contributed by atoms with Crippen molar-refractivity contribution in [2.75, 3.05) is 6.61 Å². The Labute approximate surface area is 92.5 Å². The largest absolute Gasteiger partial charge is 0.493 e. The molecule has 0 fully saturated rings. The number of hydrogen-bond donors (Lipinski definition) is 0. The minimum atomic E-state index is 0.176. The molecule has 0 saturated carbocycles. The molecule has 0 aromatic heterocycles. The average Bonchev–Trinajstić information content (AvgIpc) is 2.17. The highest BCUT2D eigenvalue weighted by Crippen LogP contribution is 2.38. The molecular formula is C14H20O. The van der Waals surface area contributed by atoms with Crippen molar-refractivity contribution in [1.29, 1.82) is 0 Å². The van der Waals surface area contributed by atoms with E-state index in [2.05, 4.69) is 39.8 Å². The van der Waals surface area contributed by atoms with Crippen molar-refractivity contribution in [3.8, 4) is 5.75 Å². The summed E-state index contributed by atoms with van der Waals surface area (Å²) in [5.41, 5.74) is 4.32. The van der Waals surface area contributed by atoms with Gasteiger partial charge in [0.05, 0.1) is 6.61 Å². The molecule has 1 heteroatoms. The molecular weight excluding hydrogens is 184 g/mol. The number of fused-ring (bicyclic) bond motifs is 1. The number of benzene rings is 1. The van der Waals surface area contributed by atoms with E-state index >= 15 is 0 Å². The van der Waals surface area contributed by atoms with Gasteiger partial charge in [-0.15, -0.1) is 0 Å². The highest BCUT2D eigenvalue weighted by atomic mass is 16.5. The molecule has 0 saturated heterocycles. The summed E-state index contributed by atoms with van der Waals surface area (Å²) in [5.74, 6) is 1.16. The topological polar surface area (TPSA) is 9.23 Å². The standard InChI is InChI=1S/C14H20O/c1-10-7-8-12(14(2,3)4)13-11(10)6-5-9-15-13/h7-8H,5-6,9H2,1-4H3. The Morgan fingerprint density at radius 3 is 2.60 bits per heavy atom. The SMILES string of the molecule is Cc1ccc(C(C)(C)C)c2c1CCCO2. The summed E-state index contributed by atoms with van der Waals surface area (Å²) >= 11 is 0. The second-order valence-electron chi connectivity index (χ2n) is 5.44. The van der Waals surface area contributed by atoms with Gasteiger partial charge in [0.25, 0.3) is 0 Å². The summed E-state index contributed by atoms with van der Waals surface area (Å²) in [6.07, 6.45) is 2.33. The summed E-state index contributed by atoms with van der Waals surface area (Å²) in [6, 6.07) is 4.45. The first-order valence-corrected chi connectivity index (χ1v) is 5.76. The quantitative estimate of drug-likeness (QED) is 0.627. The van der Waals surface area contributed by atoms with Crippen molar-refractivity contribution in [2.45, 2.75) is 46.0 Å². The molecule has 0 N–H and O–H groups in total. The second kappa shape index (κ2) is 3.55. The Morgan fingerprint density at radius 1 is 1.20 bits per heavy atom. The minimum Gasteiger partial charge on any atom is -0.493 e. The zero-order valence-corrected chi connectivity index (χ0v) is 10.2. The summed E-state index contributed by atoms with van der Waals surface area (Å²) in [6.45, 7) is 9.79. The van der Waals surface area contributed by atoms with Crippen molar-refractivity contribution in [2.24, 2.45) is 0 Å². The smallest absolute Gasteiger partial charge is 0.126 e. The number of rotatable bonds is 0. The first-order valence-electron chi connectivity index (χ1n) is 5.76. The van der Waals surface area contributed by atoms with Gasteiger partial charge in [-0.1, -0.05) is 32.9 Å². The Hall–Kier alpha value is -0.980. The van der Waals surface area contributed by atoms with E-state index in [1.165, 1.54) is 23.1 Å². The molecule has 1 heterocycles. The lowest BCUT2D eigenvalue weighted by molar-refractivity contribution is 0.279. The number of hydrogen-bond acceptors (Lipinski definition) is 1. The highest BCUT2D eigenvalue weighted by molar-refractivity contribution is 5.49.